The Hall–Kier alpha value is -1.06. The third-order valence-electron chi connectivity index (χ3n) is 3.09. The molecule has 0 amide bonds. The van der Waals surface area contributed by atoms with E-state index in [0.29, 0.717) is 11.8 Å². The average Bonchev–Trinajstić information content (AvgIpc) is 2.30. The summed E-state index contributed by atoms with van der Waals surface area (Å²) in [6, 6.07) is 7.90. The molecule has 0 saturated carbocycles. The van der Waals surface area contributed by atoms with Gasteiger partial charge in [0, 0.05) is 37.8 Å². The van der Waals surface area contributed by atoms with Crippen LogP contribution in [0, 0.1) is 0 Å². The lowest BCUT2D eigenvalue weighted by molar-refractivity contribution is 0.183. The largest absolute Gasteiger partial charge is 0.508 e. The number of hydrogen-bond donors (Lipinski definition) is 2. The van der Waals surface area contributed by atoms with E-state index in [1.807, 2.05) is 18.2 Å². The monoisotopic (exact) mass is 206 g/mol. The third kappa shape index (κ3) is 2.30. The standard InChI is InChI=1S/C12H18N2O/c1-10(14-8-6-13-7-9-14)11-4-2-3-5-12(11)15/h2-5,10,13,15H,6-9H2,1H3/t10-/m1/s1. The van der Waals surface area contributed by atoms with Gasteiger partial charge in [0.05, 0.1) is 0 Å². The minimum Gasteiger partial charge on any atom is -0.508 e. The Morgan fingerprint density at radius 2 is 1.93 bits per heavy atom. The molecule has 1 saturated heterocycles. The zero-order valence-electron chi connectivity index (χ0n) is 9.11. The van der Waals surface area contributed by atoms with Gasteiger partial charge in [-0.25, -0.2) is 0 Å². The van der Waals surface area contributed by atoms with Gasteiger partial charge in [0.15, 0.2) is 0 Å². The summed E-state index contributed by atoms with van der Waals surface area (Å²) in [5, 5.41) is 13.1. The Morgan fingerprint density at radius 3 is 2.60 bits per heavy atom. The summed E-state index contributed by atoms with van der Waals surface area (Å²) in [6.07, 6.45) is 0. The van der Waals surface area contributed by atoms with Crippen molar-refractivity contribution in [3.05, 3.63) is 29.8 Å². The van der Waals surface area contributed by atoms with Crippen molar-refractivity contribution >= 4 is 0 Å². The fraction of sp³-hybridized carbons (Fsp3) is 0.500. The molecule has 3 nitrogen and oxygen atoms in total. The number of nitrogens with one attached hydrogen (secondary N) is 1. The summed E-state index contributed by atoms with van der Waals surface area (Å²) in [5.74, 6) is 0.406. The second-order valence-corrected chi connectivity index (χ2v) is 4.02. The number of phenols is 1. The van der Waals surface area contributed by atoms with E-state index in [1.54, 1.807) is 6.07 Å². The number of nitrogens with zero attached hydrogens (tertiary/aromatic N) is 1. The summed E-state index contributed by atoms with van der Waals surface area (Å²) < 4.78 is 0. The van der Waals surface area contributed by atoms with Crippen LogP contribution in [0.15, 0.2) is 24.3 Å². The van der Waals surface area contributed by atoms with Crippen LogP contribution in [0.25, 0.3) is 0 Å². The summed E-state index contributed by atoms with van der Waals surface area (Å²) in [5.41, 5.74) is 1.03. The van der Waals surface area contributed by atoms with Crippen LogP contribution in [0.5, 0.6) is 5.75 Å². The maximum absolute atomic E-state index is 9.77. The lowest BCUT2D eigenvalue weighted by Gasteiger charge is -2.33. The van der Waals surface area contributed by atoms with Gasteiger partial charge in [0.25, 0.3) is 0 Å². The Balaban J connectivity index is 2.12. The smallest absolute Gasteiger partial charge is 0.120 e. The van der Waals surface area contributed by atoms with E-state index in [1.165, 1.54) is 0 Å². The highest BCUT2D eigenvalue weighted by molar-refractivity contribution is 5.34. The van der Waals surface area contributed by atoms with Crippen molar-refractivity contribution in [1.82, 2.24) is 10.2 Å². The van der Waals surface area contributed by atoms with E-state index in [9.17, 15) is 5.11 Å². The van der Waals surface area contributed by atoms with Crippen molar-refractivity contribution in [3.8, 4) is 5.75 Å². The molecule has 0 spiro atoms. The Bertz CT molecular complexity index is 321. The zero-order chi connectivity index (χ0) is 10.7. The third-order valence-corrected chi connectivity index (χ3v) is 3.09. The maximum atomic E-state index is 9.77. The van der Waals surface area contributed by atoms with Crippen molar-refractivity contribution in [1.29, 1.82) is 0 Å². The van der Waals surface area contributed by atoms with Gasteiger partial charge in [0.2, 0.25) is 0 Å². The number of benzene rings is 1. The average molecular weight is 206 g/mol. The molecular weight excluding hydrogens is 188 g/mol. The summed E-state index contributed by atoms with van der Waals surface area (Å²) >= 11 is 0. The first-order valence-electron chi connectivity index (χ1n) is 5.51. The first-order chi connectivity index (χ1) is 7.29. The van der Waals surface area contributed by atoms with Crippen molar-refractivity contribution in [2.75, 3.05) is 26.2 Å². The maximum Gasteiger partial charge on any atom is 0.120 e. The van der Waals surface area contributed by atoms with Gasteiger partial charge in [0.1, 0.15) is 5.75 Å². The summed E-state index contributed by atoms with van der Waals surface area (Å²) in [7, 11) is 0. The van der Waals surface area contributed by atoms with Gasteiger partial charge in [-0.05, 0) is 13.0 Å². The van der Waals surface area contributed by atoms with Crippen molar-refractivity contribution in [2.24, 2.45) is 0 Å². The second kappa shape index (κ2) is 4.64. The van der Waals surface area contributed by atoms with Crippen LogP contribution in [0.4, 0.5) is 0 Å². The van der Waals surface area contributed by atoms with E-state index >= 15 is 0 Å². The summed E-state index contributed by atoms with van der Waals surface area (Å²) in [6.45, 7) is 6.33. The molecule has 1 aliphatic rings. The van der Waals surface area contributed by atoms with Crippen LogP contribution in [-0.4, -0.2) is 36.2 Å². The molecule has 1 fully saturated rings. The number of piperazine rings is 1. The topological polar surface area (TPSA) is 35.5 Å². The van der Waals surface area contributed by atoms with E-state index in [2.05, 4.69) is 17.1 Å². The van der Waals surface area contributed by atoms with E-state index in [-0.39, 0.29) is 0 Å². The number of aromatic hydroxyl groups is 1. The lowest BCUT2D eigenvalue weighted by atomic mass is 10.1. The number of para-hydroxylation sites is 1. The van der Waals surface area contributed by atoms with Crippen LogP contribution in [0.3, 0.4) is 0 Å². The molecule has 1 aromatic rings. The predicted molar refractivity (Wildman–Crippen MR) is 61.0 cm³/mol. The molecule has 2 rings (SSSR count). The molecule has 0 radical (unpaired) electrons. The molecule has 82 valence electrons. The highest BCUT2D eigenvalue weighted by Gasteiger charge is 2.19. The number of hydrogen-bond acceptors (Lipinski definition) is 3. The highest BCUT2D eigenvalue weighted by Crippen LogP contribution is 2.27. The molecular formula is C12H18N2O. The molecule has 0 aliphatic carbocycles. The van der Waals surface area contributed by atoms with Crippen LogP contribution in [-0.2, 0) is 0 Å². The quantitative estimate of drug-likeness (QED) is 0.767. The zero-order valence-corrected chi connectivity index (χ0v) is 9.11. The van der Waals surface area contributed by atoms with Gasteiger partial charge in [-0.3, -0.25) is 4.90 Å². The van der Waals surface area contributed by atoms with Crippen molar-refractivity contribution in [3.63, 3.8) is 0 Å². The van der Waals surface area contributed by atoms with Gasteiger partial charge in [-0.1, -0.05) is 18.2 Å². The SMILES string of the molecule is C[C@H](c1ccccc1O)N1CCNCC1. The molecule has 1 atom stereocenters. The second-order valence-electron chi connectivity index (χ2n) is 4.02. The van der Waals surface area contributed by atoms with Gasteiger partial charge in [-0.2, -0.15) is 0 Å². The Kier molecular flexibility index (Phi) is 3.23. The Labute approximate surface area is 90.7 Å². The minimum atomic E-state index is 0.299. The molecule has 0 aromatic heterocycles. The van der Waals surface area contributed by atoms with Crippen molar-refractivity contribution < 1.29 is 5.11 Å². The van der Waals surface area contributed by atoms with Gasteiger partial charge >= 0.3 is 0 Å². The highest BCUT2D eigenvalue weighted by atomic mass is 16.3. The Morgan fingerprint density at radius 1 is 1.27 bits per heavy atom. The lowest BCUT2D eigenvalue weighted by Crippen LogP contribution is -2.44. The molecule has 1 aliphatic heterocycles. The number of rotatable bonds is 2. The van der Waals surface area contributed by atoms with E-state index in [0.717, 1.165) is 31.7 Å². The molecule has 0 unspecified atom stereocenters. The minimum absolute atomic E-state index is 0.299. The molecule has 1 aromatic carbocycles. The fourth-order valence-corrected chi connectivity index (χ4v) is 2.11. The normalized spacial score (nSPS) is 20.1. The molecule has 3 heteroatoms. The first kappa shape index (κ1) is 10.5. The molecule has 2 N–H and O–H groups in total. The molecule has 1 heterocycles. The molecule has 0 bridgehead atoms. The molecule has 15 heavy (non-hydrogen) atoms. The van der Waals surface area contributed by atoms with E-state index < -0.39 is 0 Å². The van der Waals surface area contributed by atoms with Crippen LogP contribution < -0.4 is 5.32 Å². The van der Waals surface area contributed by atoms with E-state index in [4.69, 9.17) is 0 Å². The van der Waals surface area contributed by atoms with Crippen LogP contribution in [0.2, 0.25) is 0 Å². The van der Waals surface area contributed by atoms with Crippen LogP contribution in [0.1, 0.15) is 18.5 Å². The first-order valence-corrected chi connectivity index (χ1v) is 5.51. The summed E-state index contributed by atoms with van der Waals surface area (Å²) in [4.78, 5) is 2.39. The van der Waals surface area contributed by atoms with Crippen LogP contribution >= 0.6 is 0 Å². The van der Waals surface area contributed by atoms with Crippen molar-refractivity contribution in [2.45, 2.75) is 13.0 Å². The predicted octanol–water partition coefficient (Wildman–Crippen LogP) is 1.36. The number of phenolic OH excluding ortho intramolecular Hbond substituents is 1. The fourth-order valence-electron chi connectivity index (χ4n) is 2.11. The van der Waals surface area contributed by atoms with Gasteiger partial charge in [-0.15, -0.1) is 0 Å². The van der Waals surface area contributed by atoms with Gasteiger partial charge < -0.3 is 10.4 Å².